The van der Waals surface area contributed by atoms with Gasteiger partial charge in [-0.1, -0.05) is 60.1 Å². The van der Waals surface area contributed by atoms with E-state index in [0.717, 1.165) is 28.9 Å². The summed E-state index contributed by atoms with van der Waals surface area (Å²) in [6.45, 7) is 7.81. The molecule has 0 bridgehead atoms. The van der Waals surface area contributed by atoms with Crippen molar-refractivity contribution in [3.8, 4) is 11.5 Å². The smallest absolute Gasteiger partial charge is 0.410 e. The molecule has 3 aromatic carbocycles. The molecule has 1 N–H and O–H groups in total. The SMILES string of the molecule is COc1ccc(COC2CN(C(=O)OC(C)(C)C)CC(O)C2c2ccc(OCCCOCc3ccccc3)cc2)cc1Cl. The molecule has 0 radical (unpaired) electrons. The minimum atomic E-state index is -0.862. The summed E-state index contributed by atoms with van der Waals surface area (Å²) in [5, 5.41) is 11.8. The van der Waals surface area contributed by atoms with Crippen molar-refractivity contribution in [2.75, 3.05) is 33.4 Å². The molecule has 3 unspecified atom stereocenters. The normalized spacial score (nSPS) is 18.7. The van der Waals surface area contributed by atoms with Crippen molar-refractivity contribution in [2.45, 2.75) is 64.1 Å². The lowest BCUT2D eigenvalue weighted by atomic mass is 9.84. The summed E-state index contributed by atoms with van der Waals surface area (Å²) in [4.78, 5) is 14.4. The van der Waals surface area contributed by atoms with E-state index in [4.69, 9.17) is 35.3 Å². The van der Waals surface area contributed by atoms with E-state index >= 15 is 0 Å². The van der Waals surface area contributed by atoms with Gasteiger partial charge >= 0.3 is 6.09 Å². The lowest BCUT2D eigenvalue weighted by Crippen LogP contribution is -2.54. The summed E-state index contributed by atoms with van der Waals surface area (Å²) in [7, 11) is 1.56. The number of β-amino-alcohol motifs (C(OH)–C–C–N with tert-alkyl or cyclic N) is 1. The Hall–Kier alpha value is -3.30. The van der Waals surface area contributed by atoms with Gasteiger partial charge in [0.05, 0.1) is 63.9 Å². The predicted molar refractivity (Wildman–Crippen MR) is 166 cm³/mol. The molecule has 8 nitrogen and oxygen atoms in total. The molecule has 1 fully saturated rings. The topological polar surface area (TPSA) is 86.7 Å². The number of hydrogen-bond acceptors (Lipinski definition) is 7. The number of carbonyl (C=O) groups excluding carboxylic acids is 1. The second-order valence-corrected chi connectivity index (χ2v) is 12.0. The van der Waals surface area contributed by atoms with E-state index in [1.54, 1.807) is 19.2 Å². The summed E-state index contributed by atoms with van der Waals surface area (Å²) in [6.07, 6.45) is -1.07. The van der Waals surface area contributed by atoms with Crippen molar-refractivity contribution in [3.63, 3.8) is 0 Å². The maximum absolute atomic E-state index is 12.9. The molecule has 4 rings (SSSR count). The fraction of sp³-hybridized carbons (Fsp3) is 0.441. The molecule has 1 amide bonds. The van der Waals surface area contributed by atoms with Crippen LogP contribution in [-0.4, -0.2) is 67.3 Å². The largest absolute Gasteiger partial charge is 0.495 e. The average Bonchev–Trinajstić information content (AvgIpc) is 2.98. The number of likely N-dealkylation sites (tertiary alicyclic amines) is 1. The van der Waals surface area contributed by atoms with Gasteiger partial charge in [-0.15, -0.1) is 0 Å². The van der Waals surface area contributed by atoms with Gasteiger partial charge in [0.2, 0.25) is 0 Å². The zero-order valence-electron chi connectivity index (χ0n) is 25.3. The first-order valence-corrected chi connectivity index (χ1v) is 14.9. The van der Waals surface area contributed by atoms with E-state index < -0.39 is 23.9 Å². The summed E-state index contributed by atoms with van der Waals surface area (Å²) < 4.78 is 28.8. The zero-order valence-corrected chi connectivity index (χ0v) is 26.1. The van der Waals surface area contributed by atoms with Gasteiger partial charge in [-0.3, -0.25) is 0 Å². The Labute approximate surface area is 259 Å². The van der Waals surface area contributed by atoms with E-state index in [-0.39, 0.29) is 25.6 Å². The highest BCUT2D eigenvalue weighted by Crippen LogP contribution is 2.34. The Balaban J connectivity index is 1.38. The number of rotatable bonds is 12. The van der Waals surface area contributed by atoms with Gasteiger partial charge in [-0.2, -0.15) is 0 Å². The third kappa shape index (κ3) is 9.86. The molecule has 1 heterocycles. The molecule has 1 aliphatic rings. The fourth-order valence-electron chi connectivity index (χ4n) is 4.97. The second kappa shape index (κ2) is 15.4. The molecule has 1 aliphatic heterocycles. The van der Waals surface area contributed by atoms with Gasteiger partial charge in [-0.25, -0.2) is 4.79 Å². The number of benzene rings is 3. The highest BCUT2D eigenvalue weighted by Gasteiger charge is 2.40. The van der Waals surface area contributed by atoms with Crippen LogP contribution < -0.4 is 9.47 Å². The predicted octanol–water partition coefficient (Wildman–Crippen LogP) is 6.61. The number of piperidine rings is 1. The van der Waals surface area contributed by atoms with Crippen molar-refractivity contribution >= 4 is 17.7 Å². The summed E-state index contributed by atoms with van der Waals surface area (Å²) in [5.41, 5.74) is 2.24. The van der Waals surface area contributed by atoms with Crippen LogP contribution in [0, 0.1) is 0 Å². The molecule has 3 aromatic rings. The number of amides is 1. The number of aliphatic hydroxyl groups is 1. The molecule has 43 heavy (non-hydrogen) atoms. The van der Waals surface area contributed by atoms with Gasteiger partial charge in [0.15, 0.2) is 0 Å². The maximum Gasteiger partial charge on any atom is 0.410 e. The van der Waals surface area contributed by atoms with Crippen LogP contribution >= 0.6 is 11.6 Å². The molecule has 0 aromatic heterocycles. The van der Waals surface area contributed by atoms with Crippen molar-refractivity contribution in [1.29, 1.82) is 0 Å². The van der Waals surface area contributed by atoms with Crippen LogP contribution in [0.1, 0.15) is 49.8 Å². The number of methoxy groups -OCH3 is 1. The van der Waals surface area contributed by atoms with Crippen molar-refractivity contribution < 1.29 is 33.6 Å². The molecule has 3 atom stereocenters. The molecule has 0 aliphatic carbocycles. The first-order chi connectivity index (χ1) is 20.6. The van der Waals surface area contributed by atoms with Crippen molar-refractivity contribution in [3.05, 3.63) is 94.5 Å². The van der Waals surface area contributed by atoms with Crippen LogP contribution in [0.2, 0.25) is 5.02 Å². The number of nitrogens with zero attached hydrogens (tertiary/aromatic N) is 1. The number of aliphatic hydroxyl groups excluding tert-OH is 1. The van der Waals surface area contributed by atoms with E-state index in [0.29, 0.717) is 30.6 Å². The summed E-state index contributed by atoms with van der Waals surface area (Å²) in [5.74, 6) is 0.945. The average molecular weight is 612 g/mol. The van der Waals surface area contributed by atoms with E-state index in [1.165, 1.54) is 4.90 Å². The summed E-state index contributed by atoms with van der Waals surface area (Å²) >= 11 is 6.32. The zero-order chi connectivity index (χ0) is 30.8. The number of carbonyl (C=O) groups is 1. The standard InChI is InChI=1S/C34H42ClNO7/c1-34(2,3)43-33(38)36-20-29(37)32(31(21-36)42-23-25-11-16-30(39-4)28(35)19-25)26-12-14-27(15-13-26)41-18-8-17-40-22-24-9-6-5-7-10-24/h5-7,9-16,19,29,31-32,37H,8,17-18,20-23H2,1-4H3. The van der Waals surface area contributed by atoms with Gasteiger partial charge in [0.25, 0.3) is 0 Å². The van der Waals surface area contributed by atoms with Crippen LogP contribution in [0.4, 0.5) is 4.79 Å². The first-order valence-electron chi connectivity index (χ1n) is 14.6. The van der Waals surface area contributed by atoms with Crippen LogP contribution in [0.3, 0.4) is 0 Å². The number of ether oxygens (including phenoxy) is 5. The monoisotopic (exact) mass is 611 g/mol. The van der Waals surface area contributed by atoms with Crippen LogP contribution in [-0.2, 0) is 27.4 Å². The van der Waals surface area contributed by atoms with Crippen LogP contribution in [0.25, 0.3) is 0 Å². The second-order valence-electron chi connectivity index (χ2n) is 11.6. The van der Waals surface area contributed by atoms with Gasteiger partial charge in [0, 0.05) is 12.3 Å². The third-order valence-corrected chi connectivity index (χ3v) is 7.33. The molecule has 0 saturated carbocycles. The van der Waals surface area contributed by atoms with Gasteiger partial charge in [-0.05, 0) is 61.7 Å². The minimum Gasteiger partial charge on any atom is -0.495 e. The fourth-order valence-corrected chi connectivity index (χ4v) is 5.25. The minimum absolute atomic E-state index is 0.134. The highest BCUT2D eigenvalue weighted by molar-refractivity contribution is 6.32. The number of hydrogen-bond donors (Lipinski definition) is 1. The van der Waals surface area contributed by atoms with E-state index in [2.05, 4.69) is 0 Å². The number of halogens is 1. The Bertz CT molecular complexity index is 1300. The van der Waals surface area contributed by atoms with E-state index in [1.807, 2.05) is 81.4 Å². The first kappa shape index (κ1) is 32.6. The lowest BCUT2D eigenvalue weighted by molar-refractivity contribution is -0.0756. The quantitative estimate of drug-likeness (QED) is 0.231. The van der Waals surface area contributed by atoms with Gasteiger partial charge in [0.1, 0.15) is 17.1 Å². The van der Waals surface area contributed by atoms with Crippen LogP contribution in [0.5, 0.6) is 11.5 Å². The van der Waals surface area contributed by atoms with E-state index in [9.17, 15) is 9.90 Å². The Morgan fingerprint density at radius 1 is 0.953 bits per heavy atom. The molecule has 0 spiro atoms. The Morgan fingerprint density at radius 2 is 1.70 bits per heavy atom. The van der Waals surface area contributed by atoms with Gasteiger partial charge < -0.3 is 33.7 Å². The lowest BCUT2D eigenvalue weighted by Gasteiger charge is -2.42. The molecule has 232 valence electrons. The third-order valence-electron chi connectivity index (χ3n) is 7.03. The Kier molecular flexibility index (Phi) is 11.7. The Morgan fingerprint density at radius 3 is 2.37 bits per heavy atom. The van der Waals surface area contributed by atoms with Crippen molar-refractivity contribution in [2.24, 2.45) is 0 Å². The molecular formula is C34H42ClNO7. The van der Waals surface area contributed by atoms with Crippen molar-refractivity contribution in [1.82, 2.24) is 4.90 Å². The maximum atomic E-state index is 12.9. The molecule has 1 saturated heterocycles. The van der Waals surface area contributed by atoms with Crippen LogP contribution in [0.15, 0.2) is 72.8 Å². The molecular weight excluding hydrogens is 570 g/mol. The molecule has 9 heteroatoms. The summed E-state index contributed by atoms with van der Waals surface area (Å²) in [6, 6.07) is 23.2. The highest BCUT2D eigenvalue weighted by atomic mass is 35.5.